The molecule has 0 fully saturated rings. The SMILES string of the molecule is CCCC(=O)Nc1ccc(OCC(CN(C(=O)c2ccc(CON(O)O)cc2)C(C)C)OC(=O)c2ccc(CON(O)O)cc2)c(C(C)=O)c1. The molecule has 0 spiro atoms. The lowest BCUT2D eigenvalue weighted by Crippen LogP contribution is -2.45. The molecule has 0 aliphatic carbocycles. The lowest BCUT2D eigenvalue weighted by molar-refractivity contribution is -0.497. The molecular formula is C34H42N4O12. The van der Waals surface area contributed by atoms with Crippen molar-refractivity contribution in [1.82, 2.24) is 15.7 Å². The summed E-state index contributed by atoms with van der Waals surface area (Å²) < 4.78 is 11.9. The molecule has 2 amide bonds. The smallest absolute Gasteiger partial charge is 0.338 e. The van der Waals surface area contributed by atoms with E-state index in [2.05, 4.69) is 15.0 Å². The highest BCUT2D eigenvalue weighted by Gasteiger charge is 2.27. The summed E-state index contributed by atoms with van der Waals surface area (Å²) in [5, 5.41) is 37.0. The highest BCUT2D eigenvalue weighted by molar-refractivity contribution is 5.99. The number of nitrogens with zero attached hydrogens (tertiary/aromatic N) is 3. The summed E-state index contributed by atoms with van der Waals surface area (Å²) in [5.41, 5.74) is 2.16. The molecule has 0 aliphatic heterocycles. The Labute approximate surface area is 288 Å². The predicted molar refractivity (Wildman–Crippen MR) is 174 cm³/mol. The molecule has 0 saturated heterocycles. The number of amides is 2. The second-order valence-corrected chi connectivity index (χ2v) is 11.4. The van der Waals surface area contributed by atoms with Crippen LogP contribution in [0.15, 0.2) is 66.7 Å². The number of hydrogen-bond donors (Lipinski definition) is 5. The van der Waals surface area contributed by atoms with Crippen LogP contribution >= 0.6 is 0 Å². The number of rotatable bonds is 19. The van der Waals surface area contributed by atoms with E-state index < -0.39 is 22.9 Å². The first-order valence-electron chi connectivity index (χ1n) is 15.7. The van der Waals surface area contributed by atoms with Crippen LogP contribution in [0.4, 0.5) is 5.69 Å². The number of nitrogens with one attached hydrogen (secondary N) is 1. The van der Waals surface area contributed by atoms with E-state index >= 15 is 0 Å². The van der Waals surface area contributed by atoms with E-state index in [0.717, 1.165) is 0 Å². The summed E-state index contributed by atoms with van der Waals surface area (Å²) in [7, 11) is 0. The fourth-order valence-corrected chi connectivity index (χ4v) is 4.64. The van der Waals surface area contributed by atoms with E-state index in [-0.39, 0.29) is 66.9 Å². The van der Waals surface area contributed by atoms with Crippen LogP contribution in [0.5, 0.6) is 5.75 Å². The van der Waals surface area contributed by atoms with Crippen LogP contribution in [0.2, 0.25) is 0 Å². The topological polar surface area (TPSA) is 208 Å². The van der Waals surface area contributed by atoms with E-state index in [1.165, 1.54) is 48.2 Å². The zero-order valence-electron chi connectivity index (χ0n) is 28.1. The monoisotopic (exact) mass is 698 g/mol. The Morgan fingerprint density at radius 3 is 1.86 bits per heavy atom. The molecule has 0 radical (unpaired) electrons. The molecule has 50 heavy (non-hydrogen) atoms. The molecule has 16 heteroatoms. The third kappa shape index (κ3) is 12.6. The quantitative estimate of drug-likeness (QED) is 0.0647. The van der Waals surface area contributed by atoms with Crippen LogP contribution in [0.3, 0.4) is 0 Å². The highest BCUT2D eigenvalue weighted by Crippen LogP contribution is 2.25. The fraction of sp³-hybridized carbons (Fsp3) is 0.353. The first-order valence-corrected chi connectivity index (χ1v) is 15.7. The van der Waals surface area contributed by atoms with Gasteiger partial charge in [0.15, 0.2) is 11.9 Å². The molecule has 1 unspecified atom stereocenters. The van der Waals surface area contributed by atoms with Gasteiger partial charge in [-0.1, -0.05) is 31.2 Å². The summed E-state index contributed by atoms with van der Waals surface area (Å²) >= 11 is 0. The minimum absolute atomic E-state index is 0.105. The molecular weight excluding hydrogens is 656 g/mol. The summed E-state index contributed by atoms with van der Waals surface area (Å²) in [6.45, 7) is 6.10. The Morgan fingerprint density at radius 2 is 1.36 bits per heavy atom. The summed E-state index contributed by atoms with van der Waals surface area (Å²) in [4.78, 5) is 62.4. The minimum atomic E-state index is -1.04. The largest absolute Gasteiger partial charge is 0.489 e. The number of carbonyl (C=O) groups is 4. The Hall–Kier alpha value is -4.78. The molecule has 3 aromatic carbocycles. The van der Waals surface area contributed by atoms with Gasteiger partial charge in [0.25, 0.3) is 5.91 Å². The Bertz CT molecular complexity index is 1580. The molecule has 5 N–H and O–H groups in total. The molecule has 0 aliphatic rings. The third-order valence-electron chi connectivity index (χ3n) is 7.19. The van der Waals surface area contributed by atoms with Gasteiger partial charge in [-0.25, -0.2) is 14.5 Å². The number of hydrogen-bond acceptors (Lipinski definition) is 14. The number of carbonyl (C=O) groups excluding carboxylic acids is 4. The highest BCUT2D eigenvalue weighted by atomic mass is 17.1. The van der Waals surface area contributed by atoms with Crippen molar-refractivity contribution in [2.45, 2.75) is 65.9 Å². The van der Waals surface area contributed by atoms with E-state index in [4.69, 9.17) is 30.3 Å². The van der Waals surface area contributed by atoms with E-state index in [9.17, 15) is 19.2 Å². The van der Waals surface area contributed by atoms with Crippen molar-refractivity contribution in [2.75, 3.05) is 18.5 Å². The third-order valence-corrected chi connectivity index (χ3v) is 7.19. The van der Waals surface area contributed by atoms with Gasteiger partial charge in [0.1, 0.15) is 12.4 Å². The van der Waals surface area contributed by atoms with Gasteiger partial charge >= 0.3 is 5.97 Å². The molecule has 0 bridgehead atoms. The van der Waals surface area contributed by atoms with Crippen LogP contribution in [0.25, 0.3) is 0 Å². The summed E-state index contributed by atoms with van der Waals surface area (Å²) in [5.74, 6) is -1.46. The van der Waals surface area contributed by atoms with Gasteiger partial charge in [0, 0.05) is 23.7 Å². The normalized spacial score (nSPS) is 11.8. The zero-order valence-corrected chi connectivity index (χ0v) is 28.1. The summed E-state index contributed by atoms with van der Waals surface area (Å²) in [6.07, 6.45) is -0.0655. The van der Waals surface area contributed by atoms with E-state index in [1.54, 1.807) is 44.2 Å². The van der Waals surface area contributed by atoms with Crippen LogP contribution in [-0.4, -0.2) is 85.4 Å². The van der Waals surface area contributed by atoms with Gasteiger partial charge in [-0.05, 0) is 80.8 Å². The first kappa shape index (κ1) is 39.7. The average Bonchev–Trinajstić information content (AvgIpc) is 3.07. The van der Waals surface area contributed by atoms with Gasteiger partial charge in [-0.15, -0.1) is 0 Å². The second-order valence-electron chi connectivity index (χ2n) is 11.4. The van der Waals surface area contributed by atoms with E-state index in [0.29, 0.717) is 35.2 Å². The molecule has 16 nitrogen and oxygen atoms in total. The first-order chi connectivity index (χ1) is 23.8. The minimum Gasteiger partial charge on any atom is -0.489 e. The Morgan fingerprint density at radius 1 is 0.800 bits per heavy atom. The molecule has 0 saturated carbocycles. The zero-order chi connectivity index (χ0) is 36.8. The van der Waals surface area contributed by atoms with Crippen LogP contribution in [-0.2, 0) is 32.4 Å². The van der Waals surface area contributed by atoms with Crippen molar-refractivity contribution in [2.24, 2.45) is 0 Å². The number of ether oxygens (including phenoxy) is 2. The van der Waals surface area contributed by atoms with Crippen molar-refractivity contribution in [3.63, 3.8) is 0 Å². The van der Waals surface area contributed by atoms with Gasteiger partial charge in [-0.2, -0.15) is 0 Å². The van der Waals surface area contributed by atoms with Gasteiger partial charge < -0.3 is 19.7 Å². The van der Waals surface area contributed by atoms with Gasteiger partial charge in [0.2, 0.25) is 5.91 Å². The van der Waals surface area contributed by atoms with Crippen molar-refractivity contribution in [1.29, 1.82) is 0 Å². The lowest BCUT2D eigenvalue weighted by Gasteiger charge is -2.31. The van der Waals surface area contributed by atoms with Crippen molar-refractivity contribution >= 4 is 29.3 Å². The predicted octanol–water partition coefficient (Wildman–Crippen LogP) is 4.81. The van der Waals surface area contributed by atoms with Crippen molar-refractivity contribution < 1.29 is 59.2 Å². The number of esters is 1. The number of benzene rings is 3. The number of Topliss-reactive ketones (excluding diaryl/α,β-unsaturated/α-hetero) is 1. The van der Waals surface area contributed by atoms with Crippen LogP contribution in [0.1, 0.15) is 82.7 Å². The Balaban J connectivity index is 1.86. The fourth-order valence-electron chi connectivity index (χ4n) is 4.64. The van der Waals surface area contributed by atoms with E-state index in [1.807, 2.05) is 6.92 Å². The van der Waals surface area contributed by atoms with Gasteiger partial charge in [0.05, 0.1) is 41.7 Å². The second kappa shape index (κ2) is 19.4. The number of anilines is 1. The molecule has 1 atom stereocenters. The van der Waals surface area contributed by atoms with Crippen LogP contribution in [0, 0.1) is 0 Å². The molecule has 3 rings (SSSR count). The molecule has 3 aromatic rings. The maximum Gasteiger partial charge on any atom is 0.338 e. The van der Waals surface area contributed by atoms with Crippen molar-refractivity contribution in [3.8, 4) is 5.75 Å². The number of ketones is 1. The maximum atomic E-state index is 13.7. The van der Waals surface area contributed by atoms with Gasteiger partial charge in [-0.3, -0.25) is 35.2 Å². The van der Waals surface area contributed by atoms with Crippen LogP contribution < -0.4 is 10.1 Å². The maximum absolute atomic E-state index is 13.7. The van der Waals surface area contributed by atoms with Crippen molar-refractivity contribution in [3.05, 3.63) is 94.5 Å². The summed E-state index contributed by atoms with van der Waals surface area (Å²) in [6, 6.07) is 16.5. The lowest BCUT2D eigenvalue weighted by atomic mass is 10.1. The average molecular weight is 699 g/mol. The Kier molecular flexibility index (Phi) is 15.4. The molecule has 270 valence electrons. The molecule has 0 heterocycles. The molecule has 0 aromatic heterocycles. The standard InChI is InChI=1S/C34H42N4O12/c1-5-6-32(40)35-28-15-16-31(30(17-28)23(4)39)47-21-29(50-34(42)27-13-9-25(10-14-27)20-49-38(45)46)18-36(22(2)3)33(41)26-11-7-24(8-12-26)19-48-37(43)44/h7-17,22,29,43-46H,5-6,18-21H2,1-4H3,(H,35,40).